The molecular formula is C10H9N3O. The maximum absolute atomic E-state index is 10.7. The second-order valence-electron chi connectivity index (χ2n) is 2.93. The second-order valence-corrected chi connectivity index (χ2v) is 2.93. The largest absolute Gasteiger partial charge is 0.296 e. The van der Waals surface area contributed by atoms with Crippen molar-refractivity contribution >= 4 is 6.29 Å². The zero-order chi connectivity index (χ0) is 9.97. The first-order valence-corrected chi connectivity index (χ1v) is 4.24. The second kappa shape index (κ2) is 3.41. The summed E-state index contributed by atoms with van der Waals surface area (Å²) >= 11 is 0. The third-order valence-corrected chi connectivity index (χ3v) is 1.85. The lowest BCUT2D eigenvalue weighted by atomic mass is 10.4. The maximum atomic E-state index is 10.7. The third-order valence-electron chi connectivity index (χ3n) is 1.85. The molecule has 4 heteroatoms. The molecule has 0 fully saturated rings. The molecule has 0 unspecified atom stereocenters. The minimum absolute atomic E-state index is 0.515. The van der Waals surface area contributed by atoms with Crippen LogP contribution in [-0.4, -0.2) is 21.1 Å². The standard InChI is InChI=1S/C10H9N3O/c1-8-6-9(7-14)13(12-8)10-4-2-3-5-11-10/h2-7H,1H3. The van der Waals surface area contributed by atoms with E-state index in [4.69, 9.17) is 0 Å². The molecule has 0 radical (unpaired) electrons. The van der Waals surface area contributed by atoms with Crippen molar-refractivity contribution in [1.82, 2.24) is 14.8 Å². The van der Waals surface area contributed by atoms with Gasteiger partial charge < -0.3 is 0 Å². The quantitative estimate of drug-likeness (QED) is 0.667. The molecule has 0 aliphatic heterocycles. The van der Waals surface area contributed by atoms with Gasteiger partial charge in [0.2, 0.25) is 0 Å². The van der Waals surface area contributed by atoms with Crippen molar-refractivity contribution in [2.24, 2.45) is 0 Å². The molecular weight excluding hydrogens is 178 g/mol. The van der Waals surface area contributed by atoms with Crippen LogP contribution in [-0.2, 0) is 0 Å². The van der Waals surface area contributed by atoms with E-state index in [1.165, 1.54) is 4.68 Å². The molecule has 0 saturated heterocycles. The van der Waals surface area contributed by atoms with Gasteiger partial charge in [0.05, 0.1) is 5.69 Å². The molecule has 2 rings (SSSR count). The fourth-order valence-electron chi connectivity index (χ4n) is 1.27. The molecule has 14 heavy (non-hydrogen) atoms. The van der Waals surface area contributed by atoms with Crippen LogP contribution in [0.15, 0.2) is 30.5 Å². The number of aldehydes is 1. The van der Waals surface area contributed by atoms with Crippen molar-refractivity contribution in [3.8, 4) is 5.82 Å². The summed E-state index contributed by atoms with van der Waals surface area (Å²) in [6.45, 7) is 1.84. The van der Waals surface area contributed by atoms with Crippen molar-refractivity contribution in [3.05, 3.63) is 41.9 Å². The highest BCUT2D eigenvalue weighted by atomic mass is 16.1. The van der Waals surface area contributed by atoms with E-state index in [2.05, 4.69) is 10.1 Å². The third kappa shape index (κ3) is 1.42. The molecule has 2 aromatic heterocycles. The molecule has 0 spiro atoms. The van der Waals surface area contributed by atoms with Gasteiger partial charge in [-0.25, -0.2) is 9.67 Å². The Bertz CT molecular complexity index is 448. The lowest BCUT2D eigenvalue weighted by Crippen LogP contribution is -2.02. The first-order chi connectivity index (χ1) is 6.81. The Morgan fingerprint density at radius 1 is 1.43 bits per heavy atom. The highest BCUT2D eigenvalue weighted by Gasteiger charge is 2.06. The number of hydrogen-bond acceptors (Lipinski definition) is 3. The van der Waals surface area contributed by atoms with E-state index in [1.807, 2.05) is 19.1 Å². The molecule has 0 bridgehead atoms. The van der Waals surface area contributed by atoms with Gasteiger partial charge in [-0.05, 0) is 25.1 Å². The number of hydrogen-bond donors (Lipinski definition) is 0. The van der Waals surface area contributed by atoms with Crippen LogP contribution in [0.2, 0.25) is 0 Å². The van der Waals surface area contributed by atoms with E-state index in [1.54, 1.807) is 18.3 Å². The predicted octanol–water partition coefficient (Wildman–Crippen LogP) is 1.39. The fourth-order valence-corrected chi connectivity index (χ4v) is 1.27. The number of carbonyl (C=O) groups is 1. The van der Waals surface area contributed by atoms with Gasteiger partial charge in [0.1, 0.15) is 5.69 Å². The molecule has 0 aromatic carbocycles. The molecule has 0 amide bonds. The minimum atomic E-state index is 0.515. The van der Waals surface area contributed by atoms with E-state index in [9.17, 15) is 4.79 Å². The fraction of sp³-hybridized carbons (Fsp3) is 0.100. The Morgan fingerprint density at radius 2 is 2.29 bits per heavy atom. The van der Waals surface area contributed by atoms with E-state index in [-0.39, 0.29) is 0 Å². The van der Waals surface area contributed by atoms with Gasteiger partial charge in [-0.3, -0.25) is 4.79 Å². The number of pyridine rings is 1. The molecule has 0 saturated carbocycles. The highest BCUT2D eigenvalue weighted by Crippen LogP contribution is 2.07. The summed E-state index contributed by atoms with van der Waals surface area (Å²) in [6.07, 6.45) is 2.44. The van der Waals surface area contributed by atoms with Crippen LogP contribution in [0.1, 0.15) is 16.2 Å². The zero-order valence-corrected chi connectivity index (χ0v) is 7.71. The lowest BCUT2D eigenvalue weighted by molar-refractivity contribution is 0.111. The summed E-state index contributed by atoms with van der Waals surface area (Å²) in [4.78, 5) is 14.8. The Labute approximate surface area is 81.2 Å². The van der Waals surface area contributed by atoms with Gasteiger partial charge in [0, 0.05) is 6.20 Å². The Morgan fingerprint density at radius 3 is 2.93 bits per heavy atom. The summed E-state index contributed by atoms with van der Waals surface area (Å²) in [5, 5.41) is 4.17. The summed E-state index contributed by atoms with van der Waals surface area (Å²) in [5.41, 5.74) is 1.32. The SMILES string of the molecule is Cc1cc(C=O)n(-c2ccccn2)n1. The number of rotatable bonds is 2. The van der Waals surface area contributed by atoms with Gasteiger partial charge >= 0.3 is 0 Å². The van der Waals surface area contributed by atoms with Crippen LogP contribution in [0.4, 0.5) is 0 Å². The molecule has 70 valence electrons. The number of carbonyl (C=O) groups excluding carboxylic acids is 1. The summed E-state index contributed by atoms with van der Waals surface area (Å²) in [6, 6.07) is 7.20. The average molecular weight is 187 g/mol. The van der Waals surface area contributed by atoms with E-state index < -0.39 is 0 Å². The zero-order valence-electron chi connectivity index (χ0n) is 7.71. The van der Waals surface area contributed by atoms with Gasteiger partial charge in [0.25, 0.3) is 0 Å². The Balaban J connectivity index is 2.56. The monoisotopic (exact) mass is 187 g/mol. The molecule has 4 nitrogen and oxygen atoms in total. The number of aryl methyl sites for hydroxylation is 1. The minimum Gasteiger partial charge on any atom is -0.296 e. The molecule has 0 N–H and O–H groups in total. The molecule has 2 heterocycles. The first kappa shape index (κ1) is 8.62. The van der Waals surface area contributed by atoms with Crippen LogP contribution < -0.4 is 0 Å². The van der Waals surface area contributed by atoms with Crippen molar-refractivity contribution < 1.29 is 4.79 Å². The van der Waals surface area contributed by atoms with Crippen LogP contribution in [0.25, 0.3) is 5.82 Å². The summed E-state index contributed by atoms with van der Waals surface area (Å²) in [7, 11) is 0. The van der Waals surface area contributed by atoms with Gasteiger partial charge in [-0.15, -0.1) is 0 Å². The van der Waals surface area contributed by atoms with E-state index in [0.717, 1.165) is 12.0 Å². The molecule has 2 aromatic rings. The highest BCUT2D eigenvalue weighted by molar-refractivity contribution is 5.73. The molecule has 0 aliphatic rings. The van der Waals surface area contributed by atoms with Crippen LogP contribution >= 0.6 is 0 Å². The summed E-state index contributed by atoms with van der Waals surface area (Å²) < 4.78 is 1.53. The normalized spacial score (nSPS) is 10.1. The topological polar surface area (TPSA) is 47.8 Å². The van der Waals surface area contributed by atoms with Crippen LogP contribution in [0, 0.1) is 6.92 Å². The van der Waals surface area contributed by atoms with Gasteiger partial charge in [-0.2, -0.15) is 5.10 Å². The van der Waals surface area contributed by atoms with Crippen molar-refractivity contribution in [3.63, 3.8) is 0 Å². The van der Waals surface area contributed by atoms with Crippen molar-refractivity contribution in [2.45, 2.75) is 6.92 Å². The van der Waals surface area contributed by atoms with E-state index in [0.29, 0.717) is 11.5 Å². The molecule has 0 atom stereocenters. The Hall–Kier alpha value is -1.97. The van der Waals surface area contributed by atoms with Crippen LogP contribution in [0.3, 0.4) is 0 Å². The first-order valence-electron chi connectivity index (χ1n) is 4.24. The lowest BCUT2D eigenvalue weighted by Gasteiger charge is -2.00. The Kier molecular flexibility index (Phi) is 2.10. The van der Waals surface area contributed by atoms with Crippen molar-refractivity contribution in [1.29, 1.82) is 0 Å². The van der Waals surface area contributed by atoms with E-state index >= 15 is 0 Å². The van der Waals surface area contributed by atoms with Crippen molar-refractivity contribution in [2.75, 3.05) is 0 Å². The smallest absolute Gasteiger partial charge is 0.168 e. The maximum Gasteiger partial charge on any atom is 0.168 e. The predicted molar refractivity (Wildman–Crippen MR) is 51.5 cm³/mol. The van der Waals surface area contributed by atoms with Gasteiger partial charge in [0.15, 0.2) is 12.1 Å². The molecule has 0 aliphatic carbocycles. The van der Waals surface area contributed by atoms with Gasteiger partial charge in [-0.1, -0.05) is 6.07 Å². The number of aromatic nitrogens is 3. The van der Waals surface area contributed by atoms with Crippen LogP contribution in [0.5, 0.6) is 0 Å². The average Bonchev–Trinajstić information content (AvgIpc) is 2.61. The summed E-state index contributed by atoms with van der Waals surface area (Å²) in [5.74, 6) is 0.655. The number of nitrogens with zero attached hydrogens (tertiary/aromatic N) is 3.